The van der Waals surface area contributed by atoms with E-state index in [0.29, 0.717) is 32.0 Å². The van der Waals surface area contributed by atoms with Gasteiger partial charge in [0, 0.05) is 17.0 Å². The highest BCUT2D eigenvalue weighted by Gasteiger charge is 2.49. The number of fused-ring (bicyclic) bond motifs is 1. The highest BCUT2D eigenvalue weighted by atomic mass is 35.5. The standard InChI is InChI=1S/C30H24ClN5O3S2/c1-16-9-11-19(12-10-16)15-40-30-34-33-29(41-30)36-24(20-7-4-8-21(31)14-20)22(26(38)28(36)39)25(37)23-18(3)35-13-5-6-17(2)27(35)32-23/h4-14,24,37H,15H2,1-3H3. The molecule has 2 aromatic carbocycles. The molecular weight excluding hydrogens is 578 g/mol. The van der Waals surface area contributed by atoms with Gasteiger partial charge in [0.2, 0.25) is 5.13 Å². The van der Waals surface area contributed by atoms with Gasteiger partial charge < -0.3 is 9.51 Å². The number of hydrogen-bond acceptors (Lipinski definition) is 8. The molecule has 1 saturated heterocycles. The number of halogens is 1. The van der Waals surface area contributed by atoms with E-state index in [1.807, 2.05) is 36.6 Å². The third-order valence-electron chi connectivity index (χ3n) is 7.00. The van der Waals surface area contributed by atoms with Crippen LogP contribution < -0.4 is 4.90 Å². The smallest absolute Gasteiger partial charge is 0.301 e. The maximum absolute atomic E-state index is 13.6. The van der Waals surface area contributed by atoms with Crippen molar-refractivity contribution in [3.8, 4) is 0 Å². The van der Waals surface area contributed by atoms with Crippen molar-refractivity contribution in [1.29, 1.82) is 0 Å². The van der Waals surface area contributed by atoms with Crippen molar-refractivity contribution < 1.29 is 14.7 Å². The summed E-state index contributed by atoms with van der Waals surface area (Å²) in [6, 6.07) is 17.9. The Kier molecular flexibility index (Phi) is 7.14. The van der Waals surface area contributed by atoms with Crippen molar-refractivity contribution in [3.05, 3.63) is 111 Å². The van der Waals surface area contributed by atoms with Gasteiger partial charge in [-0.2, -0.15) is 0 Å². The first-order valence-corrected chi connectivity index (χ1v) is 14.9. The Bertz CT molecular complexity index is 1860. The van der Waals surface area contributed by atoms with Crippen molar-refractivity contribution in [2.45, 2.75) is 36.9 Å². The molecule has 3 aromatic heterocycles. The van der Waals surface area contributed by atoms with Crippen LogP contribution in [0.3, 0.4) is 0 Å². The second-order valence-corrected chi connectivity index (χ2v) is 12.4. The van der Waals surface area contributed by atoms with Crippen LogP contribution in [-0.2, 0) is 15.3 Å². The number of amides is 1. The summed E-state index contributed by atoms with van der Waals surface area (Å²) in [6.45, 7) is 5.76. The molecule has 5 aromatic rings. The van der Waals surface area contributed by atoms with E-state index >= 15 is 0 Å². The summed E-state index contributed by atoms with van der Waals surface area (Å²) < 4.78 is 2.50. The number of carbonyl (C=O) groups excluding carboxylic acids is 2. The van der Waals surface area contributed by atoms with E-state index in [0.717, 1.165) is 11.1 Å². The number of Topliss-reactive ketones (excluding diaryl/α,β-unsaturated/α-hetero) is 1. The van der Waals surface area contributed by atoms with Crippen LogP contribution in [0.2, 0.25) is 5.02 Å². The molecule has 1 aliphatic heterocycles. The second-order valence-electron chi connectivity index (χ2n) is 9.78. The monoisotopic (exact) mass is 601 g/mol. The number of aliphatic hydroxyl groups is 1. The zero-order valence-electron chi connectivity index (χ0n) is 22.3. The van der Waals surface area contributed by atoms with Crippen LogP contribution >= 0.6 is 34.7 Å². The summed E-state index contributed by atoms with van der Waals surface area (Å²) in [4.78, 5) is 33.1. The lowest BCUT2D eigenvalue weighted by molar-refractivity contribution is -0.132. The predicted molar refractivity (Wildman–Crippen MR) is 162 cm³/mol. The van der Waals surface area contributed by atoms with E-state index in [9.17, 15) is 14.7 Å². The number of ketones is 1. The number of aryl methyl sites for hydroxylation is 3. The fourth-order valence-electron chi connectivity index (χ4n) is 4.88. The Balaban J connectivity index is 1.43. The van der Waals surface area contributed by atoms with Crippen molar-refractivity contribution >= 4 is 62.9 Å². The number of carbonyl (C=O) groups is 2. The molecule has 206 valence electrons. The molecule has 1 fully saturated rings. The SMILES string of the molecule is Cc1ccc(CSc2nnc(N3C(=O)C(=O)C(=C(O)c4nc5c(C)cccn5c4C)C3c3cccc(Cl)c3)s2)cc1. The molecule has 1 amide bonds. The number of benzene rings is 2. The molecule has 1 aliphatic rings. The number of nitrogens with zero attached hydrogens (tertiary/aromatic N) is 5. The second kappa shape index (κ2) is 10.8. The van der Waals surface area contributed by atoms with E-state index in [1.165, 1.54) is 33.6 Å². The lowest BCUT2D eigenvalue weighted by atomic mass is 9.96. The summed E-state index contributed by atoms with van der Waals surface area (Å²) in [5, 5.41) is 20.9. The van der Waals surface area contributed by atoms with Crippen molar-refractivity contribution in [3.63, 3.8) is 0 Å². The van der Waals surface area contributed by atoms with Crippen LogP contribution in [0.25, 0.3) is 11.4 Å². The van der Waals surface area contributed by atoms with E-state index < -0.39 is 17.7 Å². The van der Waals surface area contributed by atoms with Crippen LogP contribution in [-0.4, -0.2) is 36.4 Å². The number of rotatable bonds is 6. The topological polar surface area (TPSA) is 101 Å². The summed E-state index contributed by atoms with van der Waals surface area (Å²) in [5.74, 6) is -1.31. The zero-order chi connectivity index (χ0) is 28.8. The Morgan fingerprint density at radius 2 is 1.83 bits per heavy atom. The molecule has 8 nitrogen and oxygen atoms in total. The molecule has 0 aliphatic carbocycles. The van der Waals surface area contributed by atoms with Gasteiger partial charge in [-0.05, 0) is 55.7 Å². The van der Waals surface area contributed by atoms with Gasteiger partial charge in [0.1, 0.15) is 11.3 Å². The number of thioether (sulfide) groups is 1. The molecule has 41 heavy (non-hydrogen) atoms. The molecule has 4 heterocycles. The average Bonchev–Trinajstić information content (AvgIpc) is 3.63. The molecule has 1 unspecified atom stereocenters. The Morgan fingerprint density at radius 3 is 2.56 bits per heavy atom. The summed E-state index contributed by atoms with van der Waals surface area (Å²) in [6.07, 6.45) is 1.84. The molecule has 1 N–H and O–H groups in total. The molecule has 0 spiro atoms. The fourth-order valence-corrected chi connectivity index (χ4v) is 6.91. The number of anilines is 1. The fraction of sp³-hybridized carbons (Fsp3) is 0.167. The van der Waals surface area contributed by atoms with Gasteiger partial charge in [-0.3, -0.25) is 14.5 Å². The molecule has 6 rings (SSSR count). The summed E-state index contributed by atoms with van der Waals surface area (Å²) in [7, 11) is 0. The molecule has 0 radical (unpaired) electrons. The Labute approximate surface area is 249 Å². The molecule has 0 saturated carbocycles. The van der Waals surface area contributed by atoms with Crippen LogP contribution in [0.5, 0.6) is 0 Å². The van der Waals surface area contributed by atoms with E-state index in [1.54, 1.807) is 31.2 Å². The zero-order valence-corrected chi connectivity index (χ0v) is 24.7. The van der Waals surface area contributed by atoms with E-state index in [2.05, 4.69) is 39.4 Å². The Morgan fingerprint density at radius 1 is 1.05 bits per heavy atom. The van der Waals surface area contributed by atoms with Gasteiger partial charge in [-0.1, -0.05) is 82.7 Å². The molecule has 0 bridgehead atoms. The number of imidazole rings is 1. The van der Waals surface area contributed by atoms with Gasteiger partial charge in [-0.15, -0.1) is 10.2 Å². The van der Waals surface area contributed by atoms with Crippen molar-refractivity contribution in [1.82, 2.24) is 19.6 Å². The number of hydrogen-bond donors (Lipinski definition) is 1. The maximum Gasteiger partial charge on any atom is 0.301 e. The highest BCUT2D eigenvalue weighted by Crippen LogP contribution is 2.44. The molecular formula is C30H24ClN5O3S2. The first kappa shape index (κ1) is 27.2. The van der Waals surface area contributed by atoms with Gasteiger partial charge >= 0.3 is 5.91 Å². The Hall–Kier alpha value is -3.99. The van der Waals surface area contributed by atoms with Crippen LogP contribution in [0.1, 0.15) is 39.7 Å². The van der Waals surface area contributed by atoms with E-state index in [4.69, 9.17) is 11.6 Å². The van der Waals surface area contributed by atoms with Crippen LogP contribution in [0.15, 0.2) is 76.8 Å². The minimum Gasteiger partial charge on any atom is -0.505 e. The van der Waals surface area contributed by atoms with Crippen molar-refractivity contribution in [2.75, 3.05) is 4.90 Å². The largest absolute Gasteiger partial charge is 0.505 e. The minimum absolute atomic E-state index is 0.0783. The number of aromatic nitrogens is 4. The van der Waals surface area contributed by atoms with Crippen LogP contribution in [0, 0.1) is 20.8 Å². The average molecular weight is 602 g/mol. The molecule has 1 atom stereocenters. The quantitative estimate of drug-likeness (QED) is 0.0761. The minimum atomic E-state index is -0.970. The van der Waals surface area contributed by atoms with Gasteiger partial charge in [-0.25, -0.2) is 4.98 Å². The van der Waals surface area contributed by atoms with Crippen LogP contribution in [0.4, 0.5) is 5.13 Å². The van der Waals surface area contributed by atoms with Gasteiger partial charge in [0.15, 0.2) is 10.1 Å². The summed E-state index contributed by atoms with van der Waals surface area (Å²) >= 11 is 9.05. The molecule has 11 heteroatoms. The maximum atomic E-state index is 13.6. The van der Waals surface area contributed by atoms with E-state index in [-0.39, 0.29) is 22.2 Å². The first-order valence-electron chi connectivity index (χ1n) is 12.8. The third-order valence-corrected chi connectivity index (χ3v) is 9.36. The number of aliphatic hydroxyl groups excluding tert-OH is 1. The first-order chi connectivity index (χ1) is 19.7. The lowest BCUT2D eigenvalue weighted by Crippen LogP contribution is -2.29. The summed E-state index contributed by atoms with van der Waals surface area (Å²) in [5.41, 5.74) is 5.23. The predicted octanol–water partition coefficient (Wildman–Crippen LogP) is 6.68. The van der Waals surface area contributed by atoms with Gasteiger partial charge in [0.05, 0.1) is 17.3 Å². The lowest BCUT2D eigenvalue weighted by Gasteiger charge is -2.22. The van der Waals surface area contributed by atoms with Crippen molar-refractivity contribution in [2.24, 2.45) is 0 Å². The third kappa shape index (κ3) is 4.92. The van der Waals surface area contributed by atoms with Gasteiger partial charge in [0.25, 0.3) is 5.78 Å². The normalized spacial score (nSPS) is 16.7. The number of pyridine rings is 1. The highest BCUT2D eigenvalue weighted by molar-refractivity contribution is 8.00.